The Hall–Kier alpha value is -0.240. The summed E-state index contributed by atoms with van der Waals surface area (Å²) in [6.45, 7) is 4.27. The molecule has 0 saturated carbocycles. The second-order valence-corrected chi connectivity index (χ2v) is 10.3. The second kappa shape index (κ2) is 15.7. The molecule has 0 N–H and O–H groups in total. The number of hydrogen-bond acceptors (Lipinski definition) is 2. The van der Waals surface area contributed by atoms with Crippen LogP contribution in [0.5, 0.6) is 0 Å². The van der Waals surface area contributed by atoms with Gasteiger partial charge in [-0.1, -0.05) is 81.9 Å². The molecule has 0 aliphatic heterocycles. The van der Waals surface area contributed by atoms with Crippen LogP contribution in [0.4, 0.5) is 0 Å². The Balaban J connectivity index is 3.72. The van der Waals surface area contributed by atoms with E-state index >= 15 is 0 Å². The van der Waals surface area contributed by atoms with Gasteiger partial charge in [-0.3, -0.25) is 4.48 Å². The normalized spacial score (nSPS) is 15.3. The molecule has 0 bridgehead atoms. The maximum absolute atomic E-state index is 11.9. The largest absolute Gasteiger partial charge is 0.590 e. The van der Waals surface area contributed by atoms with Gasteiger partial charge in [0.25, 0.3) is 5.28 Å². The third-order valence-electron chi connectivity index (χ3n) is 5.99. The van der Waals surface area contributed by atoms with E-state index in [1.54, 1.807) is 0 Å². The Bertz CT molecular complexity index is 404. The van der Waals surface area contributed by atoms with Crippen molar-refractivity contribution in [2.24, 2.45) is 0 Å². The van der Waals surface area contributed by atoms with Crippen molar-refractivity contribution in [3.8, 4) is 0 Å². The van der Waals surface area contributed by atoms with Gasteiger partial charge >= 0.3 is 8.03 Å². The van der Waals surface area contributed by atoms with E-state index in [1.807, 2.05) is 28.1 Å². The number of rotatable bonds is 18. The minimum atomic E-state index is -2.42. The number of quaternary nitrogens is 1. The first-order valence-corrected chi connectivity index (χ1v) is 12.6. The zero-order valence-corrected chi connectivity index (χ0v) is 19.9. The molecule has 0 aromatic carbocycles. The number of allylic oxidation sites excluding steroid dienone is 2. The van der Waals surface area contributed by atoms with Crippen LogP contribution < -0.4 is 4.89 Å². The average Bonchev–Trinajstić information content (AvgIpc) is 2.60. The van der Waals surface area contributed by atoms with Gasteiger partial charge in [0.2, 0.25) is 0 Å². The van der Waals surface area contributed by atoms with E-state index in [0.29, 0.717) is 10.9 Å². The molecular formula is C23H47NO2P+. The fraction of sp³-hybridized carbons (Fsp3) is 0.913. The van der Waals surface area contributed by atoms with Crippen LogP contribution in [0.1, 0.15) is 110 Å². The SMILES string of the molecule is CCCCCCCCC/C=C\CCCCCCC(CC)([P+](=O)[O-])[N+](C)(C)C. The molecule has 0 spiro atoms. The number of hydrogen-bond donors (Lipinski definition) is 0. The summed E-state index contributed by atoms with van der Waals surface area (Å²) in [5, 5.41) is -0.605. The molecular weight excluding hydrogens is 353 g/mol. The quantitative estimate of drug-likeness (QED) is 0.108. The van der Waals surface area contributed by atoms with Crippen LogP contribution in [0.15, 0.2) is 12.2 Å². The lowest BCUT2D eigenvalue weighted by Gasteiger charge is -2.39. The number of nitrogens with zero attached hydrogens (tertiary/aromatic N) is 1. The summed E-state index contributed by atoms with van der Waals surface area (Å²) >= 11 is 0. The topological polar surface area (TPSA) is 40.1 Å². The minimum absolute atomic E-state index is 0.504. The molecule has 0 amide bonds. The molecule has 0 rings (SSSR count). The lowest BCUT2D eigenvalue weighted by atomic mass is 10.0. The van der Waals surface area contributed by atoms with Gasteiger partial charge in [0.15, 0.2) is 0 Å². The lowest BCUT2D eigenvalue weighted by Crippen LogP contribution is -2.55. The highest BCUT2D eigenvalue weighted by Crippen LogP contribution is 2.44. The third-order valence-corrected chi connectivity index (χ3v) is 7.81. The van der Waals surface area contributed by atoms with Gasteiger partial charge in [-0.2, -0.15) is 0 Å². The van der Waals surface area contributed by atoms with Crippen molar-refractivity contribution in [1.82, 2.24) is 0 Å². The lowest BCUT2D eigenvalue weighted by molar-refractivity contribution is -0.910. The zero-order valence-electron chi connectivity index (χ0n) is 19.0. The fourth-order valence-electron chi connectivity index (χ4n) is 3.93. The maximum atomic E-state index is 11.9. The van der Waals surface area contributed by atoms with Crippen molar-refractivity contribution in [3.63, 3.8) is 0 Å². The Morgan fingerprint density at radius 3 is 1.63 bits per heavy atom. The third kappa shape index (κ3) is 11.4. The van der Waals surface area contributed by atoms with E-state index in [-0.39, 0.29) is 0 Å². The Morgan fingerprint density at radius 1 is 0.778 bits per heavy atom. The molecule has 3 nitrogen and oxygen atoms in total. The van der Waals surface area contributed by atoms with Crippen LogP contribution in [-0.4, -0.2) is 30.9 Å². The molecule has 27 heavy (non-hydrogen) atoms. The van der Waals surface area contributed by atoms with Gasteiger partial charge in [-0.05, 0) is 32.1 Å². The second-order valence-electron chi connectivity index (χ2n) is 8.94. The zero-order chi connectivity index (χ0) is 20.6. The fourth-order valence-corrected chi connectivity index (χ4v) is 5.02. The minimum Gasteiger partial charge on any atom is -0.590 e. The number of unbranched alkanes of at least 4 members (excludes halogenated alkanes) is 11. The smallest absolute Gasteiger partial charge is 0.376 e. The van der Waals surface area contributed by atoms with Gasteiger partial charge in [0, 0.05) is 12.8 Å². The molecule has 0 aromatic heterocycles. The van der Waals surface area contributed by atoms with Gasteiger partial charge in [0.1, 0.15) is 0 Å². The molecule has 0 fully saturated rings. The highest BCUT2D eigenvalue weighted by atomic mass is 31.1. The van der Waals surface area contributed by atoms with Gasteiger partial charge in [0.05, 0.1) is 21.1 Å². The van der Waals surface area contributed by atoms with E-state index < -0.39 is 13.3 Å². The summed E-state index contributed by atoms with van der Waals surface area (Å²) < 4.78 is 12.4. The molecule has 0 aliphatic rings. The van der Waals surface area contributed by atoms with Gasteiger partial charge in [-0.25, -0.2) is 0 Å². The average molecular weight is 401 g/mol. The molecule has 0 heterocycles. The molecule has 0 radical (unpaired) electrons. The van der Waals surface area contributed by atoms with Crippen LogP contribution in [0.2, 0.25) is 0 Å². The highest BCUT2D eigenvalue weighted by Gasteiger charge is 2.52. The van der Waals surface area contributed by atoms with Gasteiger partial charge < -0.3 is 4.89 Å². The first-order chi connectivity index (χ1) is 12.8. The summed E-state index contributed by atoms with van der Waals surface area (Å²) in [6.07, 6.45) is 22.8. The van der Waals surface area contributed by atoms with Crippen molar-refractivity contribution < 1.29 is 13.9 Å². The Kier molecular flexibility index (Phi) is 15.5. The molecule has 0 aliphatic carbocycles. The van der Waals surface area contributed by atoms with Crippen molar-refractivity contribution >= 4 is 8.03 Å². The molecule has 2 atom stereocenters. The summed E-state index contributed by atoms with van der Waals surface area (Å²) in [7, 11) is 3.60. The summed E-state index contributed by atoms with van der Waals surface area (Å²) in [6, 6.07) is 0. The van der Waals surface area contributed by atoms with Crippen molar-refractivity contribution in [2.45, 2.75) is 115 Å². The van der Waals surface area contributed by atoms with Crippen molar-refractivity contribution in [3.05, 3.63) is 12.2 Å². The van der Waals surface area contributed by atoms with E-state index in [2.05, 4.69) is 19.1 Å². The van der Waals surface area contributed by atoms with Crippen molar-refractivity contribution in [1.29, 1.82) is 0 Å². The van der Waals surface area contributed by atoms with E-state index in [9.17, 15) is 9.46 Å². The first kappa shape index (κ1) is 26.8. The predicted molar refractivity (Wildman–Crippen MR) is 118 cm³/mol. The first-order valence-electron chi connectivity index (χ1n) is 11.4. The van der Waals surface area contributed by atoms with E-state index in [4.69, 9.17) is 0 Å². The van der Waals surface area contributed by atoms with Crippen molar-refractivity contribution in [2.75, 3.05) is 21.1 Å². The standard InChI is InChI=1S/C23H47NO2P/c1-6-8-9-10-11-12-13-14-15-16-17-18-19-20-21-22-23(7-2,27(25)26)24(3,4)5/h15-16H,6-14,17-22H2,1-5H3/q+1/b16-15-. The molecule has 0 saturated heterocycles. The predicted octanol–water partition coefficient (Wildman–Crippen LogP) is 6.94. The molecule has 160 valence electrons. The van der Waals surface area contributed by atoms with Crippen LogP contribution in [0.3, 0.4) is 0 Å². The molecule has 0 aromatic rings. The van der Waals surface area contributed by atoms with Gasteiger partial charge in [-0.15, -0.1) is 0 Å². The molecule has 2 unspecified atom stereocenters. The Morgan fingerprint density at radius 2 is 1.22 bits per heavy atom. The molecule has 4 heteroatoms. The monoisotopic (exact) mass is 400 g/mol. The van der Waals surface area contributed by atoms with E-state index in [0.717, 1.165) is 19.3 Å². The summed E-state index contributed by atoms with van der Waals surface area (Å²) in [5.41, 5.74) is 0. The van der Waals surface area contributed by atoms with E-state index in [1.165, 1.54) is 70.6 Å². The highest BCUT2D eigenvalue weighted by molar-refractivity contribution is 7.38. The van der Waals surface area contributed by atoms with Crippen LogP contribution in [-0.2, 0) is 4.57 Å². The Labute approximate surface area is 171 Å². The van der Waals surface area contributed by atoms with Crippen LogP contribution in [0, 0.1) is 0 Å². The summed E-state index contributed by atoms with van der Waals surface area (Å²) in [5.74, 6) is 0. The van der Waals surface area contributed by atoms with Crippen LogP contribution in [0.25, 0.3) is 0 Å². The summed E-state index contributed by atoms with van der Waals surface area (Å²) in [4.78, 5) is 11.9. The van der Waals surface area contributed by atoms with Crippen LogP contribution >= 0.6 is 8.03 Å². The maximum Gasteiger partial charge on any atom is 0.376 e.